The van der Waals surface area contributed by atoms with Gasteiger partial charge in [-0.25, -0.2) is 8.42 Å². The van der Waals surface area contributed by atoms with Gasteiger partial charge < -0.3 is 10.2 Å². The number of sulfonamides is 1. The van der Waals surface area contributed by atoms with Crippen LogP contribution in [-0.2, 0) is 32.6 Å². The molecular formula is C32H37Cl2N3O4S. The molecule has 0 radical (unpaired) electrons. The Hall–Kier alpha value is -3.07. The van der Waals surface area contributed by atoms with Crippen LogP contribution in [0, 0.1) is 0 Å². The Kier molecular flexibility index (Phi) is 10.9. The minimum Gasteiger partial charge on any atom is -0.352 e. The molecule has 1 aliphatic carbocycles. The highest BCUT2D eigenvalue weighted by molar-refractivity contribution is 7.92. The van der Waals surface area contributed by atoms with Crippen LogP contribution in [0.2, 0.25) is 10.0 Å². The topological polar surface area (TPSA) is 86.8 Å². The SMILES string of the molecule is CCc1ccc(N(CC(=O)N(Cc2c(Cl)cccc2Cl)[C@H](C)C(=O)NC2CCCCC2)S(=O)(=O)c2ccccc2)cc1. The van der Waals surface area contributed by atoms with Crippen molar-refractivity contribution in [1.82, 2.24) is 10.2 Å². The molecular weight excluding hydrogens is 593 g/mol. The summed E-state index contributed by atoms with van der Waals surface area (Å²) in [5.74, 6) is -0.862. The first kappa shape index (κ1) is 31.9. The Balaban J connectivity index is 1.70. The van der Waals surface area contributed by atoms with Gasteiger partial charge in [-0.1, -0.05) is 85.8 Å². The van der Waals surface area contributed by atoms with E-state index in [0.29, 0.717) is 21.3 Å². The minimum atomic E-state index is -4.13. The maximum absolute atomic E-state index is 14.1. The predicted octanol–water partition coefficient (Wildman–Crippen LogP) is 6.62. The molecule has 0 bridgehead atoms. The fourth-order valence-corrected chi connectivity index (χ4v) is 7.10. The standard InChI is InChI=1S/C32H37Cl2N3O4S/c1-3-24-17-19-26(20-18-24)37(42(40,41)27-13-8-5-9-14-27)22-31(38)36(21-28-29(33)15-10-16-30(28)34)23(2)32(39)35-25-11-6-4-7-12-25/h5,8-10,13-20,23,25H,3-4,6-7,11-12,21-22H2,1-2H3,(H,35,39)/t23-/m1/s1. The molecule has 0 unspecified atom stereocenters. The van der Waals surface area contributed by atoms with Gasteiger partial charge in [-0.2, -0.15) is 0 Å². The zero-order valence-electron chi connectivity index (χ0n) is 23.9. The molecule has 7 nitrogen and oxygen atoms in total. The fraction of sp³-hybridized carbons (Fsp3) is 0.375. The molecule has 0 aliphatic heterocycles. The molecule has 1 N–H and O–H groups in total. The van der Waals surface area contributed by atoms with Crippen LogP contribution >= 0.6 is 23.2 Å². The van der Waals surface area contributed by atoms with Crippen LogP contribution < -0.4 is 9.62 Å². The van der Waals surface area contributed by atoms with Crippen LogP contribution in [0.5, 0.6) is 0 Å². The molecule has 224 valence electrons. The van der Waals surface area contributed by atoms with Crippen LogP contribution in [0.3, 0.4) is 0 Å². The largest absolute Gasteiger partial charge is 0.352 e. The van der Waals surface area contributed by atoms with E-state index in [1.165, 1.54) is 17.0 Å². The lowest BCUT2D eigenvalue weighted by molar-refractivity contribution is -0.139. The maximum atomic E-state index is 14.1. The van der Waals surface area contributed by atoms with Crippen molar-refractivity contribution in [3.8, 4) is 0 Å². The van der Waals surface area contributed by atoms with Gasteiger partial charge in [0.25, 0.3) is 10.0 Å². The quantitative estimate of drug-likeness (QED) is 0.258. The van der Waals surface area contributed by atoms with Crippen LogP contribution in [0.15, 0.2) is 77.7 Å². The third kappa shape index (κ3) is 7.65. The van der Waals surface area contributed by atoms with Crippen molar-refractivity contribution in [2.75, 3.05) is 10.8 Å². The first-order valence-corrected chi connectivity index (χ1v) is 16.5. The molecule has 3 aromatic rings. The molecule has 1 fully saturated rings. The highest BCUT2D eigenvalue weighted by Crippen LogP contribution is 2.29. The van der Waals surface area contributed by atoms with E-state index in [0.717, 1.165) is 48.4 Å². The van der Waals surface area contributed by atoms with Gasteiger partial charge in [0, 0.05) is 28.2 Å². The zero-order chi connectivity index (χ0) is 30.3. The molecule has 2 amide bonds. The Morgan fingerprint density at radius 2 is 1.52 bits per heavy atom. The van der Waals surface area contributed by atoms with Crippen molar-refractivity contribution in [3.05, 3.63) is 94.0 Å². The number of halogens is 2. The van der Waals surface area contributed by atoms with Gasteiger partial charge in [0.2, 0.25) is 11.8 Å². The van der Waals surface area contributed by atoms with Gasteiger partial charge in [-0.3, -0.25) is 13.9 Å². The summed E-state index contributed by atoms with van der Waals surface area (Å²) >= 11 is 12.9. The number of nitrogens with zero attached hydrogens (tertiary/aromatic N) is 2. The second-order valence-corrected chi connectivity index (χ2v) is 13.3. The van der Waals surface area contributed by atoms with Gasteiger partial charge in [-0.15, -0.1) is 0 Å². The normalized spacial score (nSPS) is 14.7. The molecule has 0 spiro atoms. The van der Waals surface area contributed by atoms with E-state index >= 15 is 0 Å². The summed E-state index contributed by atoms with van der Waals surface area (Å²) < 4.78 is 28.9. The minimum absolute atomic E-state index is 0.0431. The molecule has 1 atom stereocenters. The number of hydrogen-bond acceptors (Lipinski definition) is 4. The summed E-state index contributed by atoms with van der Waals surface area (Å²) in [4.78, 5) is 29.0. The highest BCUT2D eigenvalue weighted by atomic mass is 35.5. The molecule has 42 heavy (non-hydrogen) atoms. The van der Waals surface area contributed by atoms with Crippen LogP contribution in [0.25, 0.3) is 0 Å². The number of rotatable bonds is 11. The third-order valence-electron chi connectivity index (χ3n) is 7.75. The van der Waals surface area contributed by atoms with Crippen LogP contribution in [-0.4, -0.2) is 43.8 Å². The van der Waals surface area contributed by atoms with E-state index in [1.54, 1.807) is 55.5 Å². The number of carbonyl (C=O) groups excluding carboxylic acids is 2. The summed E-state index contributed by atoms with van der Waals surface area (Å²) in [5, 5.41) is 3.79. The first-order valence-electron chi connectivity index (χ1n) is 14.3. The summed E-state index contributed by atoms with van der Waals surface area (Å²) in [5.41, 5.74) is 1.86. The Labute approximate surface area is 258 Å². The third-order valence-corrected chi connectivity index (χ3v) is 10.2. The van der Waals surface area contributed by atoms with Crippen molar-refractivity contribution >= 4 is 50.7 Å². The molecule has 4 rings (SSSR count). The van der Waals surface area contributed by atoms with Gasteiger partial charge >= 0.3 is 0 Å². The fourth-order valence-electron chi connectivity index (χ4n) is 5.15. The summed E-state index contributed by atoms with van der Waals surface area (Å²) in [7, 11) is -4.13. The summed E-state index contributed by atoms with van der Waals surface area (Å²) in [6.45, 7) is 3.07. The lowest BCUT2D eigenvalue weighted by atomic mass is 9.95. The van der Waals surface area contributed by atoms with E-state index in [1.807, 2.05) is 19.1 Å². The van der Waals surface area contributed by atoms with Gasteiger partial charge in [0.15, 0.2) is 0 Å². The summed E-state index contributed by atoms with van der Waals surface area (Å²) in [6.07, 6.45) is 5.78. The molecule has 3 aromatic carbocycles. The Morgan fingerprint density at radius 3 is 2.12 bits per heavy atom. The highest BCUT2D eigenvalue weighted by Gasteiger charge is 2.33. The van der Waals surface area contributed by atoms with Gasteiger partial charge in [-0.05, 0) is 68.1 Å². The smallest absolute Gasteiger partial charge is 0.264 e. The number of aryl methyl sites for hydroxylation is 1. The number of benzene rings is 3. The average molecular weight is 631 g/mol. The van der Waals surface area contributed by atoms with Crippen molar-refractivity contribution in [3.63, 3.8) is 0 Å². The van der Waals surface area contributed by atoms with E-state index < -0.39 is 28.5 Å². The number of hydrogen-bond donors (Lipinski definition) is 1. The van der Waals surface area contributed by atoms with Crippen molar-refractivity contribution in [1.29, 1.82) is 0 Å². The Bertz CT molecular complexity index is 1460. The van der Waals surface area contributed by atoms with Crippen LogP contribution in [0.4, 0.5) is 5.69 Å². The first-order chi connectivity index (χ1) is 20.1. The zero-order valence-corrected chi connectivity index (χ0v) is 26.3. The van der Waals surface area contributed by atoms with E-state index in [-0.39, 0.29) is 23.4 Å². The van der Waals surface area contributed by atoms with E-state index in [2.05, 4.69) is 5.32 Å². The molecule has 0 heterocycles. The molecule has 0 saturated heterocycles. The van der Waals surface area contributed by atoms with Gasteiger partial charge in [0.1, 0.15) is 12.6 Å². The van der Waals surface area contributed by atoms with Crippen molar-refractivity contribution in [2.45, 2.75) is 75.9 Å². The van der Waals surface area contributed by atoms with E-state index in [4.69, 9.17) is 23.2 Å². The molecule has 10 heteroatoms. The monoisotopic (exact) mass is 629 g/mol. The molecule has 1 saturated carbocycles. The second kappa shape index (κ2) is 14.4. The second-order valence-electron chi connectivity index (χ2n) is 10.6. The number of anilines is 1. The molecule has 0 aromatic heterocycles. The molecule has 1 aliphatic rings. The van der Waals surface area contributed by atoms with Crippen molar-refractivity contribution < 1.29 is 18.0 Å². The number of amides is 2. The maximum Gasteiger partial charge on any atom is 0.264 e. The Morgan fingerprint density at radius 1 is 0.905 bits per heavy atom. The van der Waals surface area contributed by atoms with Crippen molar-refractivity contribution in [2.24, 2.45) is 0 Å². The van der Waals surface area contributed by atoms with Crippen LogP contribution in [0.1, 0.15) is 57.1 Å². The summed E-state index contributed by atoms with van der Waals surface area (Å²) in [6, 6.07) is 19.2. The number of carbonyl (C=O) groups is 2. The van der Waals surface area contributed by atoms with E-state index in [9.17, 15) is 18.0 Å². The number of nitrogens with one attached hydrogen (secondary N) is 1. The lowest BCUT2D eigenvalue weighted by Crippen LogP contribution is -2.53. The predicted molar refractivity (Wildman–Crippen MR) is 168 cm³/mol. The average Bonchev–Trinajstić information content (AvgIpc) is 3.00. The van der Waals surface area contributed by atoms with Gasteiger partial charge in [0.05, 0.1) is 10.6 Å². The lowest BCUT2D eigenvalue weighted by Gasteiger charge is -2.33.